The number of rotatable bonds is 8. The van der Waals surface area contributed by atoms with Gasteiger partial charge in [0, 0.05) is 0 Å². The molecule has 1 aromatic carbocycles. The van der Waals surface area contributed by atoms with Crippen molar-refractivity contribution in [3.05, 3.63) is 24.3 Å². The highest BCUT2D eigenvalue weighted by Crippen LogP contribution is 2.16. The molecule has 0 fully saturated rings. The first-order chi connectivity index (χ1) is 9.40. The fourth-order valence-electron chi connectivity index (χ4n) is 1.29. The third-order valence-corrected chi connectivity index (χ3v) is 2.92. The molecule has 0 heterocycles. The zero-order valence-electron chi connectivity index (χ0n) is 11.4. The maximum absolute atomic E-state index is 11.3. The Bertz CT molecular complexity index is 527. The summed E-state index contributed by atoms with van der Waals surface area (Å²) in [6, 6.07) is 7.05. The number of amides is 1. The second-order valence-corrected chi connectivity index (χ2v) is 5.80. The van der Waals surface area contributed by atoms with Crippen LogP contribution in [0.15, 0.2) is 24.3 Å². The molecule has 20 heavy (non-hydrogen) atoms. The van der Waals surface area contributed by atoms with E-state index in [-0.39, 0.29) is 19.7 Å². The largest absolute Gasteiger partial charge is 0.497 e. The summed E-state index contributed by atoms with van der Waals surface area (Å²) in [5.74, 6) is 0.987. The minimum atomic E-state index is -3.35. The molecule has 2 N–H and O–H groups in total. The van der Waals surface area contributed by atoms with Gasteiger partial charge >= 0.3 is 0 Å². The van der Waals surface area contributed by atoms with E-state index < -0.39 is 15.9 Å². The lowest BCUT2D eigenvalue weighted by molar-refractivity contribution is -0.120. The summed E-state index contributed by atoms with van der Waals surface area (Å²) in [7, 11) is -1.77. The number of hydrogen-bond donors (Lipinski definition) is 2. The lowest BCUT2D eigenvalue weighted by Crippen LogP contribution is -2.38. The third-order valence-electron chi connectivity index (χ3n) is 2.25. The quantitative estimate of drug-likeness (QED) is 0.645. The molecule has 0 spiro atoms. The van der Waals surface area contributed by atoms with Crippen molar-refractivity contribution in [1.29, 1.82) is 0 Å². The van der Waals surface area contributed by atoms with Crippen molar-refractivity contribution in [3.8, 4) is 11.5 Å². The minimum Gasteiger partial charge on any atom is -0.497 e. The maximum atomic E-state index is 11.3. The molecule has 112 valence electrons. The smallest absolute Gasteiger partial charge is 0.235 e. The van der Waals surface area contributed by atoms with Crippen molar-refractivity contribution in [3.63, 3.8) is 0 Å². The van der Waals surface area contributed by atoms with Crippen LogP contribution in [0.3, 0.4) is 0 Å². The van der Waals surface area contributed by atoms with Crippen LogP contribution in [0.25, 0.3) is 0 Å². The molecular formula is C12H18N2O5S. The van der Waals surface area contributed by atoms with E-state index in [1.54, 1.807) is 31.4 Å². The molecule has 1 rings (SSSR count). The summed E-state index contributed by atoms with van der Waals surface area (Å²) in [4.78, 5) is 11.3. The molecule has 0 atom stereocenters. The van der Waals surface area contributed by atoms with Crippen LogP contribution in [0.2, 0.25) is 0 Å². The highest BCUT2D eigenvalue weighted by atomic mass is 32.2. The van der Waals surface area contributed by atoms with Crippen LogP contribution in [-0.4, -0.2) is 47.4 Å². The first-order valence-corrected chi connectivity index (χ1v) is 7.78. The van der Waals surface area contributed by atoms with Crippen LogP contribution in [0.5, 0.6) is 11.5 Å². The fraction of sp³-hybridized carbons (Fsp3) is 0.417. The zero-order valence-corrected chi connectivity index (χ0v) is 12.2. The molecule has 0 bridgehead atoms. The Balaban J connectivity index is 2.19. The molecule has 0 unspecified atom stereocenters. The summed E-state index contributed by atoms with van der Waals surface area (Å²) in [5.41, 5.74) is 0. The average molecular weight is 302 g/mol. The number of benzene rings is 1. The number of methoxy groups -OCH3 is 1. The van der Waals surface area contributed by atoms with Crippen LogP contribution in [-0.2, 0) is 14.8 Å². The van der Waals surface area contributed by atoms with E-state index in [0.717, 1.165) is 12.0 Å². The number of carbonyl (C=O) groups excluding carboxylic acids is 1. The Morgan fingerprint density at radius 1 is 1.20 bits per heavy atom. The molecule has 0 aromatic heterocycles. The van der Waals surface area contributed by atoms with Crippen molar-refractivity contribution in [1.82, 2.24) is 10.0 Å². The van der Waals surface area contributed by atoms with Gasteiger partial charge in [-0.05, 0) is 24.3 Å². The Kier molecular flexibility index (Phi) is 6.26. The summed E-state index contributed by atoms with van der Waals surface area (Å²) in [6.07, 6.45) is 0.993. The predicted octanol–water partition coefficient (Wildman–Crippen LogP) is -0.261. The van der Waals surface area contributed by atoms with E-state index in [1.165, 1.54) is 0 Å². The molecule has 0 saturated heterocycles. The molecular weight excluding hydrogens is 284 g/mol. The third kappa shape index (κ3) is 6.95. The molecule has 8 heteroatoms. The minimum absolute atomic E-state index is 0.276. The SMILES string of the molecule is COc1ccc(OCCNC(=O)CNS(C)(=O)=O)cc1. The second-order valence-electron chi connectivity index (χ2n) is 3.97. The van der Waals surface area contributed by atoms with Crippen molar-refractivity contribution >= 4 is 15.9 Å². The van der Waals surface area contributed by atoms with Crippen molar-refractivity contribution < 1.29 is 22.7 Å². The molecule has 7 nitrogen and oxygen atoms in total. The van der Waals surface area contributed by atoms with E-state index in [1.807, 2.05) is 0 Å². The number of hydrogen-bond acceptors (Lipinski definition) is 5. The summed E-state index contributed by atoms with van der Waals surface area (Å²) < 4.78 is 34.1. The van der Waals surface area contributed by atoms with Gasteiger partial charge < -0.3 is 14.8 Å². The van der Waals surface area contributed by atoms with Crippen molar-refractivity contribution in [2.45, 2.75) is 0 Å². The summed E-state index contributed by atoms with van der Waals surface area (Å²) >= 11 is 0. The van der Waals surface area contributed by atoms with Crippen molar-refractivity contribution in [2.24, 2.45) is 0 Å². The molecule has 1 amide bonds. The Morgan fingerprint density at radius 3 is 2.35 bits per heavy atom. The summed E-state index contributed by atoms with van der Waals surface area (Å²) in [5, 5.41) is 2.53. The lowest BCUT2D eigenvalue weighted by Gasteiger charge is -2.08. The second kappa shape index (κ2) is 7.71. The predicted molar refractivity (Wildman–Crippen MR) is 74.3 cm³/mol. The molecule has 1 aromatic rings. The monoisotopic (exact) mass is 302 g/mol. The topological polar surface area (TPSA) is 93.7 Å². The number of carbonyl (C=O) groups is 1. The van der Waals surface area contributed by atoms with Crippen LogP contribution in [0, 0.1) is 0 Å². The van der Waals surface area contributed by atoms with Gasteiger partial charge in [0.15, 0.2) is 0 Å². The Hall–Kier alpha value is -1.80. The van der Waals surface area contributed by atoms with Gasteiger partial charge in [-0.15, -0.1) is 0 Å². The number of sulfonamides is 1. The maximum Gasteiger partial charge on any atom is 0.235 e. The van der Waals surface area contributed by atoms with Crippen LogP contribution in [0.4, 0.5) is 0 Å². The molecule has 0 aliphatic rings. The van der Waals surface area contributed by atoms with Gasteiger partial charge in [0.1, 0.15) is 18.1 Å². The van der Waals surface area contributed by atoms with Gasteiger partial charge in [0.05, 0.1) is 26.5 Å². The van der Waals surface area contributed by atoms with Gasteiger partial charge in [-0.25, -0.2) is 13.1 Å². The van der Waals surface area contributed by atoms with E-state index in [0.29, 0.717) is 5.75 Å². The van der Waals surface area contributed by atoms with Crippen molar-refractivity contribution in [2.75, 3.05) is 33.1 Å². The Morgan fingerprint density at radius 2 is 1.80 bits per heavy atom. The lowest BCUT2D eigenvalue weighted by atomic mass is 10.3. The normalized spacial score (nSPS) is 10.9. The average Bonchev–Trinajstić information content (AvgIpc) is 2.41. The first-order valence-electron chi connectivity index (χ1n) is 5.89. The summed E-state index contributed by atoms with van der Waals surface area (Å²) in [6.45, 7) is 0.300. The highest BCUT2D eigenvalue weighted by molar-refractivity contribution is 7.88. The van der Waals surface area contributed by atoms with E-state index in [9.17, 15) is 13.2 Å². The highest BCUT2D eigenvalue weighted by Gasteiger charge is 2.05. The van der Waals surface area contributed by atoms with Gasteiger partial charge in [-0.3, -0.25) is 4.79 Å². The number of ether oxygens (including phenoxy) is 2. The van der Waals surface area contributed by atoms with E-state index in [2.05, 4.69) is 10.0 Å². The van der Waals surface area contributed by atoms with Crippen LogP contribution >= 0.6 is 0 Å². The molecule has 0 saturated carbocycles. The van der Waals surface area contributed by atoms with E-state index in [4.69, 9.17) is 9.47 Å². The molecule has 0 radical (unpaired) electrons. The van der Waals surface area contributed by atoms with Gasteiger partial charge in [-0.1, -0.05) is 0 Å². The Labute approximate surface area is 118 Å². The number of nitrogens with one attached hydrogen (secondary N) is 2. The molecule has 0 aliphatic carbocycles. The fourth-order valence-corrected chi connectivity index (χ4v) is 1.68. The van der Waals surface area contributed by atoms with Gasteiger partial charge in [0.25, 0.3) is 0 Å². The zero-order chi connectivity index (χ0) is 15.0. The van der Waals surface area contributed by atoms with Crippen LogP contribution in [0.1, 0.15) is 0 Å². The van der Waals surface area contributed by atoms with E-state index >= 15 is 0 Å². The van der Waals surface area contributed by atoms with Gasteiger partial charge in [0.2, 0.25) is 15.9 Å². The van der Waals surface area contributed by atoms with Gasteiger partial charge in [-0.2, -0.15) is 0 Å². The standard InChI is InChI=1S/C12H18N2O5S/c1-18-10-3-5-11(6-4-10)19-8-7-13-12(15)9-14-20(2,16)17/h3-6,14H,7-9H2,1-2H3,(H,13,15). The van der Waals surface area contributed by atoms with Crippen LogP contribution < -0.4 is 19.5 Å². The first kappa shape index (κ1) is 16.3. The molecule has 0 aliphatic heterocycles.